The maximum Gasteiger partial charge on any atom is 0.248 e. The highest BCUT2D eigenvalue weighted by atomic mass is 31.2. The molecular weight excluding hydrogens is 447 g/mol. The minimum absolute atomic E-state index is 0.519. The summed E-state index contributed by atoms with van der Waals surface area (Å²) in [5, 5.41) is 0. The third-order valence-corrected chi connectivity index (χ3v) is 10.1. The Balaban J connectivity index is 2.17. The lowest BCUT2D eigenvalue weighted by Crippen LogP contribution is -2.12. The molecule has 1 aromatic rings. The molecule has 0 amide bonds. The van der Waals surface area contributed by atoms with Gasteiger partial charge in [-0.05, 0) is 30.9 Å². The highest BCUT2D eigenvalue weighted by Crippen LogP contribution is 2.50. The highest BCUT2D eigenvalue weighted by molar-refractivity contribution is 7.59. The smallest absolute Gasteiger partial charge is 0.248 e. The van der Waals surface area contributed by atoms with Gasteiger partial charge in [-0.3, -0.25) is 4.57 Å². The summed E-state index contributed by atoms with van der Waals surface area (Å²) in [5.41, 5.74) is 0. The molecule has 0 N–H and O–H groups in total. The molecule has 0 saturated carbocycles. The summed E-state index contributed by atoms with van der Waals surface area (Å²) in [6.07, 6.45) is 28.0. The highest BCUT2D eigenvalue weighted by Gasteiger charge is 2.28. The molecule has 0 radical (unpaired) electrons. The van der Waals surface area contributed by atoms with Crippen LogP contribution in [-0.2, 0) is 4.57 Å². The first kappa shape index (κ1) is 32.3. The Kier molecular flexibility index (Phi) is 20.7. The van der Waals surface area contributed by atoms with Crippen LogP contribution < -0.4 is 4.52 Å². The van der Waals surface area contributed by atoms with E-state index in [0.717, 1.165) is 30.9 Å². The Bertz CT molecular complexity index is 615. The molecule has 1 rings (SSSR count). The molecular formula is C32H59O2P. The summed E-state index contributed by atoms with van der Waals surface area (Å²) < 4.78 is 20.0. The Morgan fingerprint density at radius 2 is 1.09 bits per heavy atom. The first-order valence-corrected chi connectivity index (χ1v) is 17.5. The summed E-state index contributed by atoms with van der Waals surface area (Å²) in [4.78, 5) is 0. The number of para-hydroxylation sites is 1. The maximum absolute atomic E-state index is 13.8. The van der Waals surface area contributed by atoms with Gasteiger partial charge in [-0.1, -0.05) is 155 Å². The number of rotatable bonds is 25. The molecule has 0 spiro atoms. The fourth-order valence-electron chi connectivity index (χ4n) is 5.06. The molecule has 0 saturated heterocycles. The molecule has 0 aromatic heterocycles. The zero-order chi connectivity index (χ0) is 25.5. The van der Waals surface area contributed by atoms with E-state index in [1.54, 1.807) is 0 Å². The van der Waals surface area contributed by atoms with Crippen LogP contribution >= 0.6 is 7.37 Å². The fraction of sp³-hybridized carbons (Fsp3) is 0.812. The van der Waals surface area contributed by atoms with Crippen LogP contribution in [0, 0.1) is 5.92 Å². The average molecular weight is 507 g/mol. The van der Waals surface area contributed by atoms with Gasteiger partial charge in [0.05, 0.1) is 0 Å². The molecule has 0 aliphatic heterocycles. The van der Waals surface area contributed by atoms with Crippen molar-refractivity contribution in [3.8, 4) is 5.75 Å². The van der Waals surface area contributed by atoms with Crippen molar-refractivity contribution in [2.75, 3.05) is 12.3 Å². The Morgan fingerprint density at radius 1 is 0.629 bits per heavy atom. The van der Waals surface area contributed by atoms with Crippen molar-refractivity contribution in [3.05, 3.63) is 30.3 Å². The largest absolute Gasteiger partial charge is 0.443 e. The van der Waals surface area contributed by atoms with Gasteiger partial charge in [0.25, 0.3) is 0 Å². The summed E-state index contributed by atoms with van der Waals surface area (Å²) in [6, 6.07) is 9.84. The van der Waals surface area contributed by atoms with Crippen LogP contribution in [0.1, 0.15) is 149 Å². The van der Waals surface area contributed by atoms with Crippen LogP contribution in [0.5, 0.6) is 5.75 Å². The zero-order valence-electron chi connectivity index (χ0n) is 23.8. The molecule has 2 unspecified atom stereocenters. The van der Waals surface area contributed by atoms with E-state index in [0.29, 0.717) is 5.92 Å². The average Bonchev–Trinajstić information content (AvgIpc) is 2.87. The van der Waals surface area contributed by atoms with Crippen molar-refractivity contribution in [1.82, 2.24) is 0 Å². The minimum Gasteiger partial charge on any atom is -0.443 e. The number of hydrogen-bond acceptors (Lipinski definition) is 2. The van der Waals surface area contributed by atoms with Crippen molar-refractivity contribution in [2.45, 2.75) is 149 Å². The molecule has 35 heavy (non-hydrogen) atoms. The zero-order valence-corrected chi connectivity index (χ0v) is 24.7. The third kappa shape index (κ3) is 18.2. The van der Waals surface area contributed by atoms with Crippen LogP contribution in [-0.4, -0.2) is 12.3 Å². The van der Waals surface area contributed by atoms with Crippen LogP contribution in [0.3, 0.4) is 0 Å². The lowest BCUT2D eigenvalue weighted by Gasteiger charge is -2.24. The summed E-state index contributed by atoms with van der Waals surface area (Å²) in [5.74, 6) is 1.29. The molecule has 0 aliphatic carbocycles. The van der Waals surface area contributed by atoms with E-state index in [4.69, 9.17) is 4.52 Å². The monoisotopic (exact) mass is 506 g/mol. The minimum atomic E-state index is -2.64. The predicted octanol–water partition coefficient (Wildman–Crippen LogP) is 11.8. The van der Waals surface area contributed by atoms with Crippen molar-refractivity contribution >= 4 is 7.37 Å². The van der Waals surface area contributed by atoms with Gasteiger partial charge in [0.15, 0.2) is 0 Å². The predicted molar refractivity (Wildman–Crippen MR) is 157 cm³/mol. The van der Waals surface area contributed by atoms with E-state index in [9.17, 15) is 4.57 Å². The Hall–Kier alpha value is -0.750. The van der Waals surface area contributed by atoms with Crippen molar-refractivity contribution in [3.63, 3.8) is 0 Å². The van der Waals surface area contributed by atoms with Gasteiger partial charge >= 0.3 is 0 Å². The van der Waals surface area contributed by atoms with Gasteiger partial charge in [0, 0.05) is 12.3 Å². The van der Waals surface area contributed by atoms with Crippen molar-refractivity contribution < 1.29 is 9.09 Å². The van der Waals surface area contributed by atoms with Gasteiger partial charge in [0.1, 0.15) is 5.75 Å². The van der Waals surface area contributed by atoms with E-state index in [1.165, 1.54) is 116 Å². The molecule has 0 fully saturated rings. The van der Waals surface area contributed by atoms with Crippen LogP contribution in [0.2, 0.25) is 0 Å². The second kappa shape index (κ2) is 22.4. The third-order valence-electron chi connectivity index (χ3n) is 7.45. The fourth-order valence-corrected chi connectivity index (χ4v) is 7.85. The van der Waals surface area contributed by atoms with E-state index < -0.39 is 7.37 Å². The SMILES string of the molecule is CCCCCCCCCCCCCCCCCCP(=O)(CC(CC)CCCC)Oc1ccccc1. The van der Waals surface area contributed by atoms with Crippen LogP contribution in [0.15, 0.2) is 30.3 Å². The summed E-state index contributed by atoms with van der Waals surface area (Å²) in [7, 11) is -2.64. The molecule has 0 aliphatic rings. The second-order valence-corrected chi connectivity index (χ2v) is 13.5. The van der Waals surface area contributed by atoms with Crippen LogP contribution in [0.4, 0.5) is 0 Å². The maximum atomic E-state index is 13.8. The van der Waals surface area contributed by atoms with Crippen molar-refractivity contribution in [2.24, 2.45) is 5.92 Å². The molecule has 0 heterocycles. The van der Waals surface area contributed by atoms with Gasteiger partial charge in [-0.2, -0.15) is 0 Å². The van der Waals surface area contributed by atoms with Gasteiger partial charge in [-0.25, -0.2) is 0 Å². The Labute approximate surface area is 219 Å². The Morgan fingerprint density at radius 3 is 1.54 bits per heavy atom. The van der Waals surface area contributed by atoms with E-state index in [1.807, 2.05) is 30.3 Å². The second-order valence-electron chi connectivity index (χ2n) is 10.8. The van der Waals surface area contributed by atoms with Gasteiger partial charge < -0.3 is 4.52 Å². The van der Waals surface area contributed by atoms with E-state index >= 15 is 0 Å². The topological polar surface area (TPSA) is 26.3 Å². The van der Waals surface area contributed by atoms with Crippen LogP contribution in [0.25, 0.3) is 0 Å². The molecule has 0 bridgehead atoms. The first-order valence-electron chi connectivity index (χ1n) is 15.5. The quantitative estimate of drug-likeness (QED) is 0.0973. The normalized spacial score (nSPS) is 14.0. The van der Waals surface area contributed by atoms with E-state index in [-0.39, 0.29) is 0 Å². The standard InChI is InChI=1S/C32H59O2P/c1-4-7-9-10-11-12-13-14-15-16-17-18-19-20-21-25-29-35(33,30-31(6-3)26-8-5-2)34-32-27-23-22-24-28-32/h22-24,27-28,31H,4-21,25-26,29-30H2,1-3H3. The molecule has 204 valence electrons. The van der Waals surface area contributed by atoms with Crippen molar-refractivity contribution in [1.29, 1.82) is 0 Å². The molecule has 2 nitrogen and oxygen atoms in total. The first-order chi connectivity index (χ1) is 17.1. The summed E-state index contributed by atoms with van der Waals surface area (Å²) >= 11 is 0. The number of hydrogen-bond donors (Lipinski definition) is 0. The summed E-state index contributed by atoms with van der Waals surface area (Å²) in [6.45, 7) is 6.77. The molecule has 1 aromatic carbocycles. The number of unbranched alkanes of at least 4 members (excludes halogenated alkanes) is 16. The lowest BCUT2D eigenvalue weighted by atomic mass is 10.0. The van der Waals surface area contributed by atoms with Gasteiger partial charge in [0.2, 0.25) is 7.37 Å². The lowest BCUT2D eigenvalue weighted by molar-refractivity contribution is 0.438. The molecule has 2 atom stereocenters. The molecule has 3 heteroatoms. The van der Waals surface area contributed by atoms with Gasteiger partial charge in [-0.15, -0.1) is 0 Å². The number of benzene rings is 1. The van der Waals surface area contributed by atoms with E-state index in [2.05, 4.69) is 20.8 Å².